The molecule has 42 heavy (non-hydrogen) atoms. The normalized spacial score (nSPS) is 11.6. The summed E-state index contributed by atoms with van der Waals surface area (Å²) in [6, 6.07) is 32.8. The van der Waals surface area contributed by atoms with Gasteiger partial charge in [0.15, 0.2) is 0 Å². The van der Waals surface area contributed by atoms with Gasteiger partial charge in [0.2, 0.25) is 0 Å². The molecule has 0 saturated heterocycles. The van der Waals surface area contributed by atoms with E-state index < -0.39 is 0 Å². The average molecular weight is 551 g/mol. The summed E-state index contributed by atoms with van der Waals surface area (Å²) < 4.78 is 2.41. The summed E-state index contributed by atoms with van der Waals surface area (Å²) in [4.78, 5) is 3.72. The van der Waals surface area contributed by atoms with E-state index in [0.29, 0.717) is 0 Å². The topological polar surface area (TPSA) is 20.7 Å². The van der Waals surface area contributed by atoms with Gasteiger partial charge in [-0.2, -0.15) is 0 Å². The lowest BCUT2D eigenvalue weighted by atomic mass is 10.1. The Morgan fingerprint density at radius 2 is 1.36 bits per heavy atom. The summed E-state index contributed by atoms with van der Waals surface area (Å²) in [5.41, 5.74) is 10.0. The van der Waals surface area contributed by atoms with Gasteiger partial charge in [0.05, 0.1) is 16.6 Å². The van der Waals surface area contributed by atoms with Crippen molar-refractivity contribution in [3.05, 3.63) is 145 Å². The van der Waals surface area contributed by atoms with Gasteiger partial charge in [0, 0.05) is 27.5 Å². The number of aromatic amines is 1. The molecule has 0 unspecified atom stereocenters. The highest BCUT2D eigenvalue weighted by Gasteiger charge is 2.19. The van der Waals surface area contributed by atoms with Crippen molar-refractivity contribution in [1.29, 1.82) is 0 Å². The quantitative estimate of drug-likeness (QED) is 0.211. The molecule has 0 radical (unpaired) electrons. The molecule has 2 aromatic heterocycles. The molecule has 1 N–H and O–H groups in total. The number of hydrogen-bond donors (Lipinski definition) is 1. The van der Waals surface area contributed by atoms with E-state index in [-0.39, 0.29) is 0 Å². The van der Waals surface area contributed by atoms with Crippen LogP contribution in [0.1, 0.15) is 45.9 Å². The molecule has 212 valence electrons. The molecular weight excluding hydrogens is 508 g/mol. The van der Waals surface area contributed by atoms with Crippen molar-refractivity contribution in [2.45, 2.75) is 41.0 Å². The molecule has 0 saturated carbocycles. The van der Waals surface area contributed by atoms with Crippen LogP contribution in [0.25, 0.3) is 55.6 Å². The van der Waals surface area contributed by atoms with E-state index in [4.69, 9.17) is 0 Å². The number of fused-ring (bicyclic) bond motifs is 7. The van der Waals surface area contributed by atoms with Crippen LogP contribution in [-0.2, 0) is 6.42 Å². The van der Waals surface area contributed by atoms with Gasteiger partial charge in [0.1, 0.15) is 0 Å². The molecule has 0 spiro atoms. The molecule has 0 bridgehead atoms. The minimum Gasteiger partial charge on any atom is -0.353 e. The lowest BCUT2D eigenvalue weighted by molar-refractivity contribution is 1.18. The Morgan fingerprint density at radius 3 is 2.07 bits per heavy atom. The van der Waals surface area contributed by atoms with E-state index in [0.717, 1.165) is 6.42 Å². The zero-order valence-electron chi connectivity index (χ0n) is 25.6. The van der Waals surface area contributed by atoms with Crippen molar-refractivity contribution in [2.24, 2.45) is 0 Å². The summed E-state index contributed by atoms with van der Waals surface area (Å²) in [7, 11) is 0. The molecule has 0 amide bonds. The highest BCUT2D eigenvalue weighted by Crippen LogP contribution is 2.39. The Labute approximate surface area is 251 Å². The van der Waals surface area contributed by atoms with E-state index >= 15 is 0 Å². The summed E-state index contributed by atoms with van der Waals surface area (Å²) in [5, 5.41) is 3.91. The third kappa shape index (κ3) is 5.94. The minimum atomic E-state index is 1.01. The van der Waals surface area contributed by atoms with Gasteiger partial charge in [-0.25, -0.2) is 0 Å². The van der Waals surface area contributed by atoms with E-state index in [1.54, 1.807) is 6.08 Å². The second kappa shape index (κ2) is 14.7. The third-order valence-corrected chi connectivity index (χ3v) is 7.14. The molecule has 2 nitrogen and oxygen atoms in total. The van der Waals surface area contributed by atoms with Crippen LogP contribution in [0, 0.1) is 0 Å². The minimum absolute atomic E-state index is 1.01. The van der Waals surface area contributed by atoms with Crippen LogP contribution >= 0.6 is 0 Å². The highest BCUT2D eigenvalue weighted by atomic mass is 15.0. The zero-order valence-corrected chi connectivity index (χ0v) is 25.6. The maximum absolute atomic E-state index is 3.72. The lowest BCUT2D eigenvalue weighted by Gasteiger charge is -2.10. The molecule has 7 rings (SSSR count). The first-order chi connectivity index (χ1) is 20.8. The van der Waals surface area contributed by atoms with Gasteiger partial charge in [-0.15, -0.1) is 0 Å². The van der Waals surface area contributed by atoms with Crippen LogP contribution in [0.2, 0.25) is 0 Å². The largest absolute Gasteiger partial charge is 0.353 e. The van der Waals surface area contributed by atoms with Crippen molar-refractivity contribution in [1.82, 2.24) is 9.55 Å². The average Bonchev–Trinajstić information content (AvgIpc) is 3.76. The van der Waals surface area contributed by atoms with Gasteiger partial charge in [-0.3, -0.25) is 0 Å². The van der Waals surface area contributed by atoms with Gasteiger partial charge in [-0.1, -0.05) is 144 Å². The summed E-state index contributed by atoms with van der Waals surface area (Å²) in [5.74, 6) is 0. The van der Waals surface area contributed by atoms with Crippen molar-refractivity contribution in [3.63, 3.8) is 0 Å². The smallest absolute Gasteiger partial charge is 0.0783 e. The number of allylic oxidation sites excluding steroid dienone is 6. The Morgan fingerprint density at radius 1 is 0.690 bits per heavy atom. The number of aromatic nitrogens is 2. The first-order valence-electron chi connectivity index (χ1n) is 15.1. The van der Waals surface area contributed by atoms with Crippen LogP contribution in [0.5, 0.6) is 0 Å². The number of rotatable bonds is 4. The van der Waals surface area contributed by atoms with E-state index in [9.17, 15) is 0 Å². The molecule has 4 aromatic carbocycles. The lowest BCUT2D eigenvalue weighted by Crippen LogP contribution is -1.94. The van der Waals surface area contributed by atoms with Crippen LogP contribution in [0.3, 0.4) is 0 Å². The number of H-pyrrole nitrogens is 1. The van der Waals surface area contributed by atoms with Crippen LogP contribution < -0.4 is 0 Å². The molecule has 6 aromatic rings. The van der Waals surface area contributed by atoms with Gasteiger partial charge >= 0.3 is 0 Å². The maximum Gasteiger partial charge on any atom is 0.0783 e. The van der Waals surface area contributed by atoms with Gasteiger partial charge in [0.25, 0.3) is 0 Å². The van der Waals surface area contributed by atoms with Gasteiger partial charge in [-0.05, 0) is 54.3 Å². The second-order valence-corrected chi connectivity index (χ2v) is 9.42. The maximum atomic E-state index is 3.72. The number of nitrogens with zero attached hydrogens (tertiary/aromatic N) is 1. The highest BCUT2D eigenvalue weighted by molar-refractivity contribution is 6.18. The third-order valence-electron chi connectivity index (χ3n) is 7.14. The van der Waals surface area contributed by atoms with E-state index in [1.165, 1.54) is 60.8 Å². The molecule has 0 aliphatic heterocycles. The molecule has 0 fully saturated rings. The molecule has 1 aliphatic carbocycles. The monoisotopic (exact) mass is 550 g/mol. The van der Waals surface area contributed by atoms with E-state index in [1.807, 2.05) is 58.9 Å². The fourth-order valence-electron chi connectivity index (χ4n) is 5.40. The van der Waals surface area contributed by atoms with Gasteiger partial charge < -0.3 is 9.55 Å². The first-order valence-corrected chi connectivity index (χ1v) is 15.1. The molecule has 2 heterocycles. The van der Waals surface area contributed by atoms with Crippen LogP contribution in [0.4, 0.5) is 0 Å². The number of nitrogens with one attached hydrogen (secondary N) is 1. The van der Waals surface area contributed by atoms with E-state index in [2.05, 4.69) is 119 Å². The predicted octanol–water partition coefficient (Wildman–Crippen LogP) is 11.9. The summed E-state index contributed by atoms with van der Waals surface area (Å²) in [6.45, 7) is 13.5. The molecular formula is C40H42N2. The number of hydrogen-bond acceptors (Lipinski definition) is 0. The van der Waals surface area contributed by atoms with Crippen molar-refractivity contribution < 1.29 is 0 Å². The second-order valence-electron chi connectivity index (χ2n) is 9.42. The summed E-state index contributed by atoms with van der Waals surface area (Å²) in [6.07, 6.45) is 15.0. The fourth-order valence-corrected chi connectivity index (χ4v) is 5.40. The molecule has 0 atom stereocenters. The van der Waals surface area contributed by atoms with Crippen LogP contribution in [-0.4, -0.2) is 9.55 Å². The summed E-state index contributed by atoms with van der Waals surface area (Å²) >= 11 is 0. The fraction of sp³-hybridized carbons (Fsp3) is 0.150. The Hall–Kier alpha value is -4.82. The standard InChI is InChI=1S/C29H20N2.C7H10.2C2H6/c1-2-7-19(8-3-1)20-13-15-21(16-14-20)31-27-12-5-4-9-23(27)25-18-17-24-22-10-6-11-26(22)30-28(24)29(25)31;1-3-5-7-6-4-2;2*1-2/h1-9,11-18,30H,10H2;3-7H,1H2,2H3;2*1-2H3/b;6-4-,7-5-;;. The zero-order chi connectivity index (χ0) is 29.9. The van der Waals surface area contributed by atoms with Crippen molar-refractivity contribution in [2.75, 3.05) is 0 Å². The van der Waals surface area contributed by atoms with Crippen LogP contribution in [0.15, 0.2) is 134 Å². The predicted molar refractivity (Wildman–Crippen MR) is 188 cm³/mol. The Bertz CT molecular complexity index is 1840. The SMILES string of the molecule is C1=Cc2[nH]c3c(ccc4c5ccccc5n(-c5ccc(-c6ccccc6)cc5)c43)c2C1.C=C/C=C\C=C/C.CC.CC. The molecule has 1 aliphatic rings. The van der Waals surface area contributed by atoms with Crippen molar-refractivity contribution >= 4 is 38.8 Å². The molecule has 2 heteroatoms. The number of benzene rings is 4. The first kappa shape index (κ1) is 30.1. The Balaban J connectivity index is 0.000000323. The Kier molecular flexibility index (Phi) is 10.6. The number of para-hydroxylation sites is 1. The van der Waals surface area contributed by atoms with Crippen molar-refractivity contribution in [3.8, 4) is 16.8 Å².